The molecule has 0 unspecified atom stereocenters. The van der Waals surface area contributed by atoms with Gasteiger partial charge in [-0.1, -0.05) is 0 Å². The molecular formula is C25H23N8O4S2Tl. The first-order valence-electron chi connectivity index (χ1n) is 12.2. The van der Waals surface area contributed by atoms with E-state index < -0.39 is 10.1 Å². The second-order valence-corrected chi connectivity index (χ2v) is 13.2. The van der Waals surface area contributed by atoms with Gasteiger partial charge in [0.05, 0.1) is 4.90 Å². The molecule has 0 bridgehead atoms. The Hall–Kier alpha value is -3.35. The van der Waals surface area contributed by atoms with Crippen LogP contribution in [0.15, 0.2) is 76.0 Å². The quantitative estimate of drug-likeness (QED) is 0.0842. The molecule has 0 amide bonds. The van der Waals surface area contributed by atoms with E-state index in [0.29, 0.717) is 71.5 Å². The van der Waals surface area contributed by atoms with Crippen LogP contribution in [0.4, 0.5) is 22.5 Å². The van der Waals surface area contributed by atoms with Gasteiger partial charge in [0.2, 0.25) is 0 Å². The van der Waals surface area contributed by atoms with Gasteiger partial charge in [-0.25, -0.2) is 0 Å². The van der Waals surface area contributed by atoms with Crippen molar-refractivity contribution in [3.63, 3.8) is 0 Å². The Labute approximate surface area is 250 Å². The van der Waals surface area contributed by atoms with Crippen molar-refractivity contribution in [3.8, 4) is 5.88 Å². The molecule has 40 heavy (non-hydrogen) atoms. The molecule has 3 aromatic heterocycles. The Morgan fingerprint density at radius 1 is 1.12 bits per heavy atom. The van der Waals surface area contributed by atoms with Crippen molar-refractivity contribution >= 4 is 83.1 Å². The monoisotopic (exact) mass is 768 g/mol. The summed E-state index contributed by atoms with van der Waals surface area (Å²) in [4.78, 5) is 12.8. The number of thiazole rings is 1. The SMILES string of the molecule is CCCCOc1c(N=Nc2ncc(Nc3nc4ccc(S(=O)(=O)O)cc4s3)cn2)[c]([Tl])nn1Cc1ccccc1. The molecule has 2 aromatic carbocycles. The summed E-state index contributed by atoms with van der Waals surface area (Å²) < 4.78 is 41.5. The number of ether oxygens (including phenoxy) is 1. The fraction of sp³-hybridized carbons (Fsp3) is 0.200. The summed E-state index contributed by atoms with van der Waals surface area (Å²) in [5, 5.41) is 17.0. The van der Waals surface area contributed by atoms with Crippen LogP contribution in [0.3, 0.4) is 0 Å². The van der Waals surface area contributed by atoms with Crippen molar-refractivity contribution in [2.45, 2.75) is 31.2 Å². The van der Waals surface area contributed by atoms with E-state index in [1.807, 2.05) is 35.0 Å². The average molecular weight is 768 g/mol. The topological polar surface area (TPSA) is 157 Å². The molecule has 0 spiro atoms. The van der Waals surface area contributed by atoms with Gasteiger partial charge in [-0.15, -0.1) is 0 Å². The van der Waals surface area contributed by atoms with Crippen molar-refractivity contribution in [3.05, 3.63) is 66.5 Å². The molecule has 5 rings (SSSR count). The first kappa shape index (κ1) is 28.2. The predicted molar refractivity (Wildman–Crippen MR) is 152 cm³/mol. The zero-order valence-corrected chi connectivity index (χ0v) is 27.4. The fourth-order valence-electron chi connectivity index (χ4n) is 3.64. The second kappa shape index (κ2) is 12.4. The van der Waals surface area contributed by atoms with E-state index in [1.54, 1.807) is 12.4 Å². The van der Waals surface area contributed by atoms with E-state index >= 15 is 0 Å². The number of unbranched alkanes of at least 4 members (excludes halogenated alkanes) is 1. The van der Waals surface area contributed by atoms with Crippen LogP contribution < -0.4 is 13.3 Å². The number of nitrogens with zero attached hydrogens (tertiary/aromatic N) is 7. The van der Waals surface area contributed by atoms with Gasteiger partial charge in [0.25, 0.3) is 10.1 Å². The van der Waals surface area contributed by atoms with Gasteiger partial charge in [-0.05, 0) is 18.2 Å². The number of hydrogen-bond acceptors (Lipinski definition) is 11. The number of azo groups is 1. The van der Waals surface area contributed by atoms with Gasteiger partial charge < -0.3 is 0 Å². The Morgan fingerprint density at radius 3 is 2.62 bits per heavy atom. The summed E-state index contributed by atoms with van der Waals surface area (Å²) in [6.45, 7) is 3.23. The van der Waals surface area contributed by atoms with Crippen LogP contribution in [-0.2, 0) is 16.7 Å². The van der Waals surface area contributed by atoms with Crippen LogP contribution in [-0.4, -0.2) is 70.1 Å². The van der Waals surface area contributed by atoms with E-state index in [2.05, 4.69) is 37.4 Å². The van der Waals surface area contributed by atoms with E-state index in [-0.39, 0.29) is 10.8 Å². The third-order valence-corrected chi connectivity index (χ3v) is 8.90. The molecule has 0 saturated carbocycles. The van der Waals surface area contributed by atoms with Gasteiger partial charge in [-0.3, -0.25) is 4.55 Å². The van der Waals surface area contributed by atoms with Crippen molar-refractivity contribution in [2.75, 3.05) is 11.9 Å². The number of anilines is 2. The van der Waals surface area contributed by atoms with Gasteiger partial charge in [0.15, 0.2) is 0 Å². The number of fused-ring (bicyclic) bond motifs is 1. The van der Waals surface area contributed by atoms with Gasteiger partial charge in [-0.2, -0.15) is 8.42 Å². The van der Waals surface area contributed by atoms with Crippen molar-refractivity contribution < 1.29 is 17.7 Å². The molecule has 5 aromatic rings. The molecule has 0 aliphatic carbocycles. The third-order valence-electron chi connectivity index (χ3n) is 5.61. The van der Waals surface area contributed by atoms with Crippen LogP contribution in [0.25, 0.3) is 10.2 Å². The maximum absolute atomic E-state index is 11.4. The number of benzene rings is 2. The molecule has 0 atom stereocenters. The summed E-state index contributed by atoms with van der Waals surface area (Å²) in [6.07, 6.45) is 5.03. The zero-order valence-electron chi connectivity index (χ0n) is 21.3. The molecule has 2 N–H and O–H groups in total. The molecule has 0 aliphatic rings. The summed E-state index contributed by atoms with van der Waals surface area (Å²) in [6, 6.07) is 14.3. The summed E-state index contributed by atoms with van der Waals surface area (Å²) in [5.41, 5.74) is 2.87. The molecule has 0 saturated heterocycles. The molecule has 3 heterocycles. The normalized spacial score (nSPS) is 11.8. The Balaban J connectivity index is 1.32. The van der Waals surface area contributed by atoms with Crippen LogP contribution in [0, 0.1) is 0 Å². The fourth-order valence-corrected chi connectivity index (χ4v) is 6.40. The van der Waals surface area contributed by atoms with Crippen molar-refractivity contribution in [1.82, 2.24) is 24.7 Å². The molecule has 202 valence electrons. The van der Waals surface area contributed by atoms with Crippen LogP contribution in [0.1, 0.15) is 25.3 Å². The number of hydrogen-bond donors (Lipinski definition) is 2. The zero-order chi connectivity index (χ0) is 28.1. The van der Waals surface area contributed by atoms with E-state index in [9.17, 15) is 13.0 Å². The van der Waals surface area contributed by atoms with Crippen LogP contribution in [0.2, 0.25) is 0 Å². The molecule has 0 radical (unpaired) electrons. The van der Waals surface area contributed by atoms with Crippen LogP contribution in [0.5, 0.6) is 5.88 Å². The maximum atomic E-state index is 11.4. The van der Waals surface area contributed by atoms with Gasteiger partial charge in [0.1, 0.15) is 0 Å². The Morgan fingerprint density at radius 2 is 1.90 bits per heavy atom. The first-order chi connectivity index (χ1) is 19.3. The number of aromatic nitrogens is 5. The average Bonchev–Trinajstić information content (AvgIpc) is 3.47. The predicted octanol–water partition coefficient (Wildman–Crippen LogP) is 4.71. The standard InChI is InChI=1S/C25H23N8O4S2.Tl/c1-2-3-11-37-23-21(15-28-33(23)16-17-7-5-4-6-8-17)31-32-24-26-13-18(14-27-24)29-25-30-20-10-9-19(39(34,35)36)12-22(20)38-25;/h4-10,12-14H,2-3,11,16H2,1H3,(H,29,30)(H,34,35,36);. The molecule has 12 nitrogen and oxygen atoms in total. The second-order valence-electron chi connectivity index (χ2n) is 8.60. The van der Waals surface area contributed by atoms with Crippen LogP contribution >= 0.6 is 11.3 Å². The molecule has 0 aliphatic heterocycles. The van der Waals surface area contributed by atoms with Gasteiger partial charge in [0, 0.05) is 0 Å². The summed E-state index contributed by atoms with van der Waals surface area (Å²) in [7, 11) is -4.29. The number of rotatable bonds is 11. The first-order valence-corrected chi connectivity index (χ1v) is 16.7. The molecule has 0 fully saturated rings. The van der Waals surface area contributed by atoms with E-state index in [4.69, 9.17) is 9.84 Å². The summed E-state index contributed by atoms with van der Waals surface area (Å²) in [5.74, 6) is 0.761. The minimum atomic E-state index is -4.29. The Kier molecular flexibility index (Phi) is 8.77. The number of nitrogens with one attached hydrogen (secondary N) is 1. The van der Waals surface area contributed by atoms with E-state index in [0.717, 1.165) is 21.7 Å². The minimum absolute atomic E-state index is 0.173. The molecule has 15 heteroatoms. The van der Waals surface area contributed by atoms with Crippen molar-refractivity contribution in [1.29, 1.82) is 0 Å². The van der Waals surface area contributed by atoms with Gasteiger partial charge >= 0.3 is 205 Å². The van der Waals surface area contributed by atoms with Crippen molar-refractivity contribution in [2.24, 2.45) is 10.2 Å². The third kappa shape index (κ3) is 6.86. The summed E-state index contributed by atoms with van der Waals surface area (Å²) >= 11 is 1.65. The molecular weight excluding hydrogens is 745 g/mol. The van der Waals surface area contributed by atoms with E-state index in [1.165, 1.54) is 29.5 Å². The Bertz CT molecular complexity index is 1760.